The number of carbonyl (C=O) groups is 4. The molecule has 0 spiro atoms. The molecule has 14 nitrogen and oxygen atoms in total. The average molecular weight is 584 g/mol. The molecule has 15 heteroatoms. The van der Waals surface area contributed by atoms with Crippen LogP contribution in [0.2, 0.25) is 0 Å². The summed E-state index contributed by atoms with van der Waals surface area (Å²) in [6, 6.07) is 0.979. The highest BCUT2D eigenvalue weighted by molar-refractivity contribution is 5.79. The Morgan fingerprint density at radius 1 is 1.05 bits per heavy atom. The Morgan fingerprint density at radius 2 is 1.62 bits per heavy atom. The van der Waals surface area contributed by atoms with E-state index < -0.39 is 7.15 Å². The molecule has 2 aliphatic heterocycles. The van der Waals surface area contributed by atoms with E-state index >= 15 is 0 Å². The fourth-order valence-electron chi connectivity index (χ4n) is 2.61. The van der Waals surface area contributed by atoms with Crippen molar-refractivity contribution in [3.63, 3.8) is 0 Å². The van der Waals surface area contributed by atoms with E-state index in [0.29, 0.717) is 51.5 Å². The van der Waals surface area contributed by atoms with E-state index in [2.05, 4.69) is 36.6 Å². The molecule has 0 bridgehead atoms. The number of ether oxygens (including phenoxy) is 2. The second-order valence-electron chi connectivity index (χ2n) is 8.92. The number of rotatable bonds is 10. The topological polar surface area (TPSA) is 211 Å². The summed E-state index contributed by atoms with van der Waals surface area (Å²) in [6.07, 6.45) is 0. The Bertz CT molecular complexity index is 672. The number of esters is 2. The summed E-state index contributed by atoms with van der Waals surface area (Å²) in [5.74, 6) is -0.257. The largest absolute Gasteiger partial charge is 0.465 e. The minimum atomic E-state index is -1.00. The SMILES string of the molecule is CC1CNC(=O)CN1.CC1CNCC(=O)N1.CCOC(=O)CNC(C)CN.CCOC(=O)CNCC(C)N.[2H]CF. The third-order valence-electron chi connectivity index (χ3n) is 4.65. The lowest BCUT2D eigenvalue weighted by atomic mass is 10.3. The summed E-state index contributed by atoms with van der Waals surface area (Å²) in [4.78, 5) is 42.4. The van der Waals surface area contributed by atoms with Crippen LogP contribution in [-0.4, -0.2) is 121 Å². The van der Waals surface area contributed by atoms with Crippen molar-refractivity contribution in [2.75, 3.05) is 72.7 Å². The molecule has 238 valence electrons. The van der Waals surface area contributed by atoms with Gasteiger partial charge in [-0.1, -0.05) is 0 Å². The summed E-state index contributed by atoms with van der Waals surface area (Å²) in [5, 5.41) is 17.3. The van der Waals surface area contributed by atoms with Gasteiger partial charge in [0, 0.05) is 50.3 Å². The number of nitrogens with two attached hydrogens (primary N) is 2. The summed E-state index contributed by atoms with van der Waals surface area (Å²) < 4.78 is 24.9. The quantitative estimate of drug-likeness (QED) is 0.128. The van der Waals surface area contributed by atoms with Gasteiger partial charge >= 0.3 is 11.9 Å². The van der Waals surface area contributed by atoms with Gasteiger partial charge in [0.1, 0.15) is 0 Å². The molecule has 4 unspecified atom stereocenters. The van der Waals surface area contributed by atoms with Crippen LogP contribution in [0.1, 0.15) is 42.9 Å². The first-order chi connectivity index (χ1) is 19.4. The van der Waals surface area contributed by atoms with Crippen LogP contribution in [-0.2, 0) is 28.7 Å². The van der Waals surface area contributed by atoms with E-state index in [4.69, 9.17) is 17.6 Å². The molecule has 40 heavy (non-hydrogen) atoms. The number of amides is 2. The molecule has 2 aliphatic rings. The van der Waals surface area contributed by atoms with Crippen LogP contribution in [0, 0.1) is 0 Å². The molecular formula is C25H55FN8O6. The van der Waals surface area contributed by atoms with Gasteiger partial charge in [-0.25, -0.2) is 0 Å². The number of alkyl halides is 1. The number of halogens is 1. The first-order valence-corrected chi connectivity index (χ1v) is 13.4. The number of carbonyl (C=O) groups excluding carboxylic acids is 4. The molecule has 2 heterocycles. The maximum atomic E-state index is 10.7. The fraction of sp³-hybridized carbons (Fsp3) is 0.840. The van der Waals surface area contributed by atoms with Gasteiger partial charge in [0.05, 0.1) is 47.9 Å². The average Bonchev–Trinajstić information content (AvgIpc) is 2.90. The zero-order valence-electron chi connectivity index (χ0n) is 26.1. The van der Waals surface area contributed by atoms with Crippen molar-refractivity contribution in [3.8, 4) is 0 Å². The Morgan fingerprint density at radius 3 is 2.00 bits per heavy atom. The highest BCUT2D eigenvalue weighted by Gasteiger charge is 2.12. The predicted octanol–water partition coefficient (Wildman–Crippen LogP) is -2.25. The highest BCUT2D eigenvalue weighted by atomic mass is 19.1. The minimum absolute atomic E-state index is 0.0735. The van der Waals surface area contributed by atoms with Crippen LogP contribution in [0.15, 0.2) is 0 Å². The van der Waals surface area contributed by atoms with Crippen LogP contribution >= 0.6 is 0 Å². The van der Waals surface area contributed by atoms with E-state index in [9.17, 15) is 23.6 Å². The normalized spacial score (nSPS) is 19.3. The molecule has 2 fully saturated rings. The molecule has 2 rings (SSSR count). The summed E-state index contributed by atoms with van der Waals surface area (Å²) in [5.41, 5.74) is 10.8. The Labute approximate surface area is 240 Å². The molecule has 2 saturated heterocycles. The first kappa shape index (κ1) is 39.7. The van der Waals surface area contributed by atoms with Gasteiger partial charge in [-0.05, 0) is 41.5 Å². The second kappa shape index (κ2) is 29.6. The Kier molecular flexibility index (Phi) is 29.3. The van der Waals surface area contributed by atoms with Crippen LogP contribution in [0.5, 0.6) is 0 Å². The molecule has 0 saturated carbocycles. The summed E-state index contributed by atoms with van der Waals surface area (Å²) in [6.45, 7) is 16.5. The van der Waals surface area contributed by atoms with Gasteiger partial charge < -0.3 is 52.8 Å². The van der Waals surface area contributed by atoms with Crippen LogP contribution < -0.4 is 43.4 Å². The van der Waals surface area contributed by atoms with E-state index in [-0.39, 0.29) is 48.9 Å². The van der Waals surface area contributed by atoms with Gasteiger partial charge in [-0.3, -0.25) is 23.6 Å². The van der Waals surface area contributed by atoms with Gasteiger partial charge in [0.15, 0.2) is 0 Å². The van der Waals surface area contributed by atoms with Gasteiger partial charge in [0.25, 0.3) is 0 Å². The van der Waals surface area contributed by atoms with Crippen molar-refractivity contribution in [2.45, 2.75) is 65.7 Å². The van der Waals surface area contributed by atoms with Crippen molar-refractivity contribution in [3.05, 3.63) is 0 Å². The molecule has 0 aromatic carbocycles. The number of hydrogen-bond donors (Lipinski definition) is 8. The zero-order valence-corrected chi connectivity index (χ0v) is 25.1. The molecule has 0 aromatic heterocycles. The lowest BCUT2D eigenvalue weighted by Gasteiger charge is -2.19. The fourth-order valence-corrected chi connectivity index (χ4v) is 2.61. The highest BCUT2D eigenvalue weighted by Crippen LogP contribution is 1.84. The smallest absolute Gasteiger partial charge is 0.319 e. The van der Waals surface area contributed by atoms with Crippen molar-refractivity contribution in [1.29, 1.82) is 0 Å². The maximum absolute atomic E-state index is 10.7. The predicted molar refractivity (Wildman–Crippen MR) is 154 cm³/mol. The van der Waals surface area contributed by atoms with Crippen LogP contribution in [0.4, 0.5) is 4.39 Å². The van der Waals surface area contributed by atoms with Gasteiger partial charge in [-0.15, -0.1) is 0 Å². The summed E-state index contributed by atoms with van der Waals surface area (Å²) in [7, 11) is -1.00. The van der Waals surface area contributed by atoms with E-state index in [1.165, 1.54) is 0 Å². The maximum Gasteiger partial charge on any atom is 0.319 e. The monoisotopic (exact) mass is 583 g/mol. The molecule has 0 radical (unpaired) electrons. The third-order valence-corrected chi connectivity index (χ3v) is 4.65. The Balaban J connectivity index is -0.000000458. The number of nitrogens with one attached hydrogen (secondary N) is 6. The van der Waals surface area contributed by atoms with Gasteiger partial charge in [0.2, 0.25) is 11.8 Å². The molecule has 10 N–H and O–H groups in total. The second-order valence-corrected chi connectivity index (χ2v) is 8.92. The van der Waals surface area contributed by atoms with E-state index in [1.54, 1.807) is 13.8 Å². The summed E-state index contributed by atoms with van der Waals surface area (Å²) >= 11 is 0. The van der Waals surface area contributed by atoms with Crippen molar-refractivity contribution < 1.29 is 34.4 Å². The molecule has 2 amide bonds. The van der Waals surface area contributed by atoms with Crippen LogP contribution in [0.25, 0.3) is 0 Å². The van der Waals surface area contributed by atoms with Gasteiger partial charge in [-0.2, -0.15) is 0 Å². The minimum Gasteiger partial charge on any atom is -0.465 e. The third kappa shape index (κ3) is 31.8. The van der Waals surface area contributed by atoms with Crippen molar-refractivity contribution in [2.24, 2.45) is 11.5 Å². The molecule has 0 aromatic rings. The van der Waals surface area contributed by atoms with Crippen molar-refractivity contribution in [1.82, 2.24) is 31.9 Å². The first-order valence-electron chi connectivity index (χ1n) is 14.1. The van der Waals surface area contributed by atoms with Crippen LogP contribution in [0.3, 0.4) is 0 Å². The number of hydrogen-bond acceptors (Lipinski definition) is 12. The van der Waals surface area contributed by atoms with E-state index in [0.717, 1.165) is 13.1 Å². The lowest BCUT2D eigenvalue weighted by molar-refractivity contribution is -0.143. The molecular weight excluding hydrogens is 527 g/mol. The van der Waals surface area contributed by atoms with Crippen molar-refractivity contribution >= 4 is 23.8 Å². The van der Waals surface area contributed by atoms with E-state index in [1.807, 2.05) is 27.7 Å². The standard InChI is InChI=1S/2C7H16N2O2.2C5H10N2O.CH3F/c1-3-11-7(10)5-9-4-6(2)8;1-3-11-7(10)5-9-6(2)4-8;1-4-2-7-5(8)3-6-4;1-4-2-6-3-5(8)7-4;1-2/h2*6,9H,3-5,8H2,1-2H3;2*4,6H,2-3H2,1H3,(H,7,8);1H3/i;;;;1D. The lowest BCUT2D eigenvalue weighted by Crippen LogP contribution is -2.50. The molecule has 0 aliphatic carbocycles. The number of piperazine rings is 2. The Hall–Kier alpha value is -2.43. The molecule has 4 atom stereocenters. The zero-order chi connectivity index (χ0) is 32.1.